The Kier molecular flexibility index (Phi) is 6.74. The van der Waals surface area contributed by atoms with Gasteiger partial charge in [0.05, 0.1) is 10.6 Å². The van der Waals surface area contributed by atoms with Crippen LogP contribution in [0.2, 0.25) is 0 Å². The zero-order chi connectivity index (χ0) is 23.6. The fourth-order valence-corrected chi connectivity index (χ4v) is 5.77. The first kappa shape index (κ1) is 23.3. The van der Waals surface area contributed by atoms with Crippen LogP contribution in [-0.2, 0) is 26.0 Å². The van der Waals surface area contributed by atoms with Gasteiger partial charge in [-0.2, -0.15) is 0 Å². The lowest BCUT2D eigenvalue weighted by molar-refractivity contribution is -0.133. The highest BCUT2D eigenvalue weighted by atomic mass is 32.2. The summed E-state index contributed by atoms with van der Waals surface area (Å²) in [5.74, 6) is -0.0514. The van der Waals surface area contributed by atoms with Crippen LogP contribution in [0.25, 0.3) is 0 Å². The van der Waals surface area contributed by atoms with Crippen molar-refractivity contribution >= 4 is 33.2 Å². The maximum Gasteiger partial charge on any atom is 0.261 e. The number of likely N-dealkylation sites (tertiary alicyclic amines) is 1. The minimum Gasteiger partial charge on any atom is -0.343 e. The van der Waals surface area contributed by atoms with E-state index in [2.05, 4.69) is 4.72 Å². The molecule has 0 atom stereocenters. The van der Waals surface area contributed by atoms with Crippen molar-refractivity contribution in [2.75, 3.05) is 29.3 Å². The molecule has 1 saturated heterocycles. The van der Waals surface area contributed by atoms with Gasteiger partial charge in [0, 0.05) is 38.2 Å². The van der Waals surface area contributed by atoms with E-state index < -0.39 is 10.0 Å². The Morgan fingerprint density at radius 3 is 2.36 bits per heavy atom. The molecule has 2 aliphatic heterocycles. The van der Waals surface area contributed by atoms with Gasteiger partial charge in [0.1, 0.15) is 0 Å². The second kappa shape index (κ2) is 9.55. The molecule has 1 fully saturated rings. The van der Waals surface area contributed by atoms with E-state index in [9.17, 15) is 18.0 Å². The van der Waals surface area contributed by atoms with Crippen LogP contribution >= 0.6 is 0 Å². The lowest BCUT2D eigenvalue weighted by atomic mass is 10.1. The first-order valence-electron chi connectivity index (χ1n) is 11.6. The number of fused-ring (bicyclic) bond motifs is 1. The predicted molar refractivity (Wildman–Crippen MR) is 129 cm³/mol. The zero-order valence-corrected chi connectivity index (χ0v) is 20.1. The fraction of sp³-hybridized carbons (Fsp3) is 0.440. The quantitative estimate of drug-likeness (QED) is 0.697. The summed E-state index contributed by atoms with van der Waals surface area (Å²) >= 11 is 0. The topological polar surface area (TPSA) is 86.8 Å². The molecule has 2 aliphatic rings. The third-order valence-electron chi connectivity index (χ3n) is 6.45. The summed E-state index contributed by atoms with van der Waals surface area (Å²) in [6.45, 7) is 5.90. The van der Waals surface area contributed by atoms with E-state index in [1.807, 2.05) is 30.9 Å². The lowest BCUT2D eigenvalue weighted by Crippen LogP contribution is -2.37. The van der Waals surface area contributed by atoms with E-state index in [0.29, 0.717) is 18.7 Å². The number of hydrogen-bond donors (Lipinski definition) is 1. The third kappa shape index (κ3) is 5.21. The summed E-state index contributed by atoms with van der Waals surface area (Å²) in [4.78, 5) is 28.9. The monoisotopic (exact) mass is 469 g/mol. The minimum absolute atomic E-state index is 0.0429. The minimum atomic E-state index is -3.75. The molecule has 2 aromatic rings. The Labute approximate surface area is 195 Å². The molecular weight excluding hydrogens is 438 g/mol. The van der Waals surface area contributed by atoms with Gasteiger partial charge in [-0.3, -0.25) is 14.3 Å². The molecule has 0 radical (unpaired) electrons. The van der Waals surface area contributed by atoms with Gasteiger partial charge < -0.3 is 9.80 Å². The number of nitrogens with zero attached hydrogens (tertiary/aromatic N) is 2. The molecule has 0 aliphatic carbocycles. The number of carbonyl (C=O) groups excluding carboxylic acids is 2. The van der Waals surface area contributed by atoms with Crippen molar-refractivity contribution in [2.24, 2.45) is 0 Å². The van der Waals surface area contributed by atoms with Crippen LogP contribution in [-0.4, -0.2) is 44.8 Å². The molecule has 8 heteroatoms. The van der Waals surface area contributed by atoms with Crippen LogP contribution < -0.4 is 9.62 Å². The number of amides is 2. The Hall–Kier alpha value is -2.87. The Morgan fingerprint density at radius 2 is 1.64 bits per heavy atom. The number of hydrogen-bond acceptors (Lipinski definition) is 4. The van der Waals surface area contributed by atoms with Crippen molar-refractivity contribution in [3.8, 4) is 0 Å². The SMILES string of the molecule is Cc1ccc(NS(=O)(=O)c2ccc3c(c2)CCN3C(=O)CCC(=O)N2CCCCC2)c(C)c1. The second-order valence-corrected chi connectivity index (χ2v) is 10.6. The predicted octanol–water partition coefficient (Wildman–Crippen LogP) is 3.79. The Balaban J connectivity index is 1.42. The number of rotatable bonds is 6. The summed E-state index contributed by atoms with van der Waals surface area (Å²) in [5, 5.41) is 0. The molecule has 4 rings (SSSR count). The molecule has 1 N–H and O–H groups in total. The van der Waals surface area contributed by atoms with Gasteiger partial charge in [0.2, 0.25) is 11.8 Å². The molecule has 176 valence electrons. The molecule has 0 bridgehead atoms. The highest BCUT2D eigenvalue weighted by molar-refractivity contribution is 7.92. The van der Waals surface area contributed by atoms with Gasteiger partial charge in [-0.25, -0.2) is 8.42 Å². The number of carbonyl (C=O) groups is 2. The van der Waals surface area contributed by atoms with Crippen molar-refractivity contribution in [1.82, 2.24) is 4.90 Å². The Bertz CT molecular complexity index is 1170. The Morgan fingerprint density at radius 1 is 0.909 bits per heavy atom. The summed E-state index contributed by atoms with van der Waals surface area (Å²) < 4.78 is 28.6. The van der Waals surface area contributed by atoms with E-state index in [1.165, 1.54) is 6.07 Å². The normalized spacial score (nSPS) is 15.9. The largest absolute Gasteiger partial charge is 0.343 e. The van der Waals surface area contributed by atoms with Gasteiger partial charge in [-0.15, -0.1) is 0 Å². The van der Waals surface area contributed by atoms with Crippen molar-refractivity contribution in [1.29, 1.82) is 0 Å². The van der Waals surface area contributed by atoms with Crippen LogP contribution in [0, 0.1) is 13.8 Å². The van der Waals surface area contributed by atoms with Gasteiger partial charge in [-0.05, 0) is 74.9 Å². The van der Waals surface area contributed by atoms with Gasteiger partial charge >= 0.3 is 0 Å². The number of benzene rings is 2. The summed E-state index contributed by atoms with van der Waals surface area (Å²) in [6, 6.07) is 10.4. The summed E-state index contributed by atoms with van der Waals surface area (Å²) in [7, 11) is -3.75. The molecule has 2 aromatic carbocycles. The molecule has 0 spiro atoms. The summed E-state index contributed by atoms with van der Waals surface area (Å²) in [6.07, 6.45) is 4.20. The highest BCUT2D eigenvalue weighted by Crippen LogP contribution is 2.32. The zero-order valence-electron chi connectivity index (χ0n) is 19.3. The fourth-order valence-electron chi connectivity index (χ4n) is 4.59. The molecule has 7 nitrogen and oxygen atoms in total. The molecule has 2 amide bonds. The van der Waals surface area contributed by atoms with Gasteiger partial charge in [0.25, 0.3) is 10.0 Å². The highest BCUT2D eigenvalue weighted by Gasteiger charge is 2.27. The molecule has 33 heavy (non-hydrogen) atoms. The van der Waals surface area contributed by atoms with Crippen LogP contribution in [0.15, 0.2) is 41.3 Å². The molecule has 0 aromatic heterocycles. The van der Waals surface area contributed by atoms with Crippen LogP contribution in [0.5, 0.6) is 0 Å². The summed E-state index contributed by atoms with van der Waals surface area (Å²) in [5.41, 5.74) is 4.03. The first-order valence-corrected chi connectivity index (χ1v) is 13.0. The number of piperidine rings is 1. The van der Waals surface area contributed by atoms with Gasteiger partial charge in [-0.1, -0.05) is 17.7 Å². The molecular formula is C25H31N3O4S. The molecule has 0 saturated carbocycles. The number of sulfonamides is 1. The van der Waals surface area contributed by atoms with E-state index in [1.54, 1.807) is 23.1 Å². The van der Waals surface area contributed by atoms with E-state index in [0.717, 1.165) is 54.7 Å². The lowest BCUT2D eigenvalue weighted by Gasteiger charge is -2.27. The van der Waals surface area contributed by atoms with Crippen LogP contribution in [0.4, 0.5) is 11.4 Å². The van der Waals surface area contributed by atoms with E-state index in [4.69, 9.17) is 0 Å². The van der Waals surface area contributed by atoms with Crippen molar-refractivity contribution in [3.63, 3.8) is 0 Å². The first-order chi connectivity index (χ1) is 15.7. The maximum absolute atomic E-state index is 12.9. The average Bonchev–Trinajstić information content (AvgIpc) is 3.23. The number of anilines is 2. The van der Waals surface area contributed by atoms with Crippen molar-refractivity contribution in [2.45, 2.75) is 57.3 Å². The van der Waals surface area contributed by atoms with E-state index >= 15 is 0 Å². The number of nitrogens with one attached hydrogen (secondary N) is 1. The van der Waals surface area contributed by atoms with Crippen molar-refractivity contribution < 1.29 is 18.0 Å². The average molecular weight is 470 g/mol. The smallest absolute Gasteiger partial charge is 0.261 e. The third-order valence-corrected chi connectivity index (χ3v) is 7.81. The standard InChI is InChI=1S/C25H31N3O4S/c1-18-6-8-22(19(2)16-18)26-33(31,32)21-7-9-23-20(17-21)12-15-28(23)25(30)11-10-24(29)27-13-4-3-5-14-27/h6-9,16-17,26H,3-5,10-15H2,1-2H3. The van der Waals surface area contributed by atoms with E-state index in [-0.39, 0.29) is 29.6 Å². The second-order valence-electron chi connectivity index (χ2n) is 8.95. The van der Waals surface area contributed by atoms with Crippen molar-refractivity contribution in [3.05, 3.63) is 53.1 Å². The van der Waals surface area contributed by atoms with Crippen LogP contribution in [0.1, 0.15) is 48.8 Å². The number of aryl methyl sites for hydroxylation is 2. The maximum atomic E-state index is 12.9. The molecule has 2 heterocycles. The van der Waals surface area contributed by atoms with Gasteiger partial charge in [0.15, 0.2) is 0 Å². The van der Waals surface area contributed by atoms with Crippen LogP contribution in [0.3, 0.4) is 0 Å². The molecule has 0 unspecified atom stereocenters.